The van der Waals surface area contributed by atoms with Gasteiger partial charge in [-0.1, -0.05) is 24.3 Å². The second kappa shape index (κ2) is 6.59. The molecule has 0 radical (unpaired) electrons. The average molecular weight is 288 g/mol. The van der Waals surface area contributed by atoms with E-state index in [4.69, 9.17) is 10.5 Å². The van der Waals surface area contributed by atoms with Crippen LogP contribution in [-0.2, 0) is 6.54 Å². The number of methoxy groups -OCH3 is 1. The van der Waals surface area contributed by atoms with Gasteiger partial charge in [-0.15, -0.1) is 0 Å². The first-order chi connectivity index (χ1) is 10.0. The second-order valence-corrected chi connectivity index (χ2v) is 5.17. The molecule has 1 atom stereocenters. The van der Waals surface area contributed by atoms with Crippen molar-refractivity contribution in [3.8, 4) is 5.75 Å². The molecule has 0 spiro atoms. The predicted octanol–water partition coefficient (Wildman–Crippen LogP) is 3.49. The third-order valence-corrected chi connectivity index (χ3v) is 3.51. The zero-order valence-electron chi connectivity index (χ0n) is 12.6. The molecule has 21 heavy (non-hydrogen) atoms. The largest absolute Gasteiger partial charge is 0.496 e. The third kappa shape index (κ3) is 3.52. The Balaban J connectivity index is 2.22. The number of hydrogen-bond donors (Lipinski definition) is 1. The first kappa shape index (κ1) is 15.3. The van der Waals surface area contributed by atoms with Crippen molar-refractivity contribution in [1.82, 2.24) is 0 Å². The maximum Gasteiger partial charge on any atom is 0.146 e. The highest BCUT2D eigenvalue weighted by atomic mass is 19.1. The summed E-state index contributed by atoms with van der Waals surface area (Å²) in [6.07, 6.45) is 0. The highest BCUT2D eigenvalue weighted by Gasteiger charge is 2.12. The van der Waals surface area contributed by atoms with Crippen LogP contribution >= 0.6 is 0 Å². The van der Waals surface area contributed by atoms with Crippen LogP contribution in [0.2, 0.25) is 0 Å². The fraction of sp³-hybridized carbons (Fsp3) is 0.294. The molecule has 0 aromatic heterocycles. The van der Waals surface area contributed by atoms with Crippen molar-refractivity contribution in [2.45, 2.75) is 19.5 Å². The number of halogens is 1. The number of ether oxygens (including phenoxy) is 1. The summed E-state index contributed by atoms with van der Waals surface area (Å²) in [6, 6.07) is 12.7. The van der Waals surface area contributed by atoms with Crippen LogP contribution in [0.5, 0.6) is 5.75 Å². The summed E-state index contributed by atoms with van der Waals surface area (Å²) in [5, 5.41) is 0. The van der Waals surface area contributed by atoms with Crippen LogP contribution in [0.3, 0.4) is 0 Å². The van der Waals surface area contributed by atoms with Crippen LogP contribution < -0.4 is 15.4 Å². The summed E-state index contributed by atoms with van der Waals surface area (Å²) < 4.78 is 19.5. The smallest absolute Gasteiger partial charge is 0.146 e. The van der Waals surface area contributed by atoms with E-state index in [1.807, 2.05) is 49.2 Å². The molecule has 1 unspecified atom stereocenters. The van der Waals surface area contributed by atoms with Crippen molar-refractivity contribution in [1.29, 1.82) is 0 Å². The van der Waals surface area contributed by atoms with E-state index in [2.05, 4.69) is 0 Å². The van der Waals surface area contributed by atoms with E-state index < -0.39 is 0 Å². The van der Waals surface area contributed by atoms with Crippen LogP contribution in [-0.4, -0.2) is 14.2 Å². The van der Waals surface area contributed by atoms with Crippen LogP contribution in [0, 0.1) is 5.82 Å². The molecule has 3 nitrogen and oxygen atoms in total. The molecule has 2 aromatic carbocycles. The van der Waals surface area contributed by atoms with Crippen molar-refractivity contribution in [3.05, 3.63) is 59.4 Å². The Morgan fingerprint density at radius 3 is 2.57 bits per heavy atom. The topological polar surface area (TPSA) is 38.5 Å². The lowest BCUT2D eigenvalue weighted by atomic mass is 10.1. The van der Waals surface area contributed by atoms with Crippen LogP contribution in [0.1, 0.15) is 24.1 Å². The lowest BCUT2D eigenvalue weighted by Gasteiger charge is -2.22. The molecule has 0 saturated carbocycles. The van der Waals surface area contributed by atoms with Gasteiger partial charge in [0.1, 0.15) is 11.6 Å². The summed E-state index contributed by atoms with van der Waals surface area (Å²) in [7, 11) is 3.49. The van der Waals surface area contributed by atoms with Crippen molar-refractivity contribution in [2.75, 3.05) is 19.1 Å². The van der Waals surface area contributed by atoms with E-state index in [0.29, 0.717) is 12.2 Å². The summed E-state index contributed by atoms with van der Waals surface area (Å²) in [6.45, 7) is 2.41. The highest BCUT2D eigenvalue weighted by Crippen LogP contribution is 2.25. The van der Waals surface area contributed by atoms with E-state index in [9.17, 15) is 4.39 Å². The van der Waals surface area contributed by atoms with Crippen molar-refractivity contribution < 1.29 is 9.13 Å². The maximum atomic E-state index is 14.2. The van der Waals surface area contributed by atoms with Crippen molar-refractivity contribution >= 4 is 5.69 Å². The Labute approximate surface area is 125 Å². The van der Waals surface area contributed by atoms with Crippen LogP contribution in [0.15, 0.2) is 42.5 Å². The number of nitrogens with zero attached hydrogens (tertiary/aromatic N) is 1. The average Bonchev–Trinajstić information content (AvgIpc) is 2.47. The predicted molar refractivity (Wildman–Crippen MR) is 84.1 cm³/mol. The molecule has 0 amide bonds. The zero-order chi connectivity index (χ0) is 15.4. The first-order valence-electron chi connectivity index (χ1n) is 6.91. The molecule has 2 N–H and O–H groups in total. The number of para-hydroxylation sites is 1. The van der Waals surface area contributed by atoms with Crippen LogP contribution in [0.25, 0.3) is 0 Å². The maximum absolute atomic E-state index is 14.2. The minimum Gasteiger partial charge on any atom is -0.496 e. The molecule has 0 bridgehead atoms. The molecule has 0 saturated heterocycles. The lowest BCUT2D eigenvalue weighted by molar-refractivity contribution is 0.409. The Morgan fingerprint density at radius 2 is 1.95 bits per heavy atom. The van der Waals surface area contributed by atoms with Gasteiger partial charge in [-0.25, -0.2) is 4.39 Å². The monoisotopic (exact) mass is 288 g/mol. The first-order valence-corrected chi connectivity index (χ1v) is 6.91. The van der Waals surface area contributed by atoms with E-state index in [0.717, 1.165) is 16.9 Å². The van der Waals surface area contributed by atoms with E-state index in [-0.39, 0.29) is 11.9 Å². The van der Waals surface area contributed by atoms with Gasteiger partial charge >= 0.3 is 0 Å². The Bertz CT molecular complexity index is 613. The van der Waals surface area contributed by atoms with Gasteiger partial charge in [-0.05, 0) is 30.7 Å². The number of rotatable bonds is 5. The summed E-state index contributed by atoms with van der Waals surface area (Å²) >= 11 is 0. The van der Waals surface area contributed by atoms with Gasteiger partial charge in [0, 0.05) is 25.2 Å². The van der Waals surface area contributed by atoms with Gasteiger partial charge in [-0.2, -0.15) is 0 Å². The van der Waals surface area contributed by atoms with E-state index in [1.54, 1.807) is 13.2 Å². The SMILES string of the molecule is COc1ccccc1CN(C)c1ccc(C(C)N)cc1F. The van der Waals surface area contributed by atoms with Gasteiger partial charge in [0.05, 0.1) is 12.8 Å². The van der Waals surface area contributed by atoms with Gasteiger partial charge < -0.3 is 15.4 Å². The molecular formula is C17H21FN2O. The lowest BCUT2D eigenvalue weighted by Crippen LogP contribution is -2.18. The van der Waals surface area contributed by atoms with E-state index in [1.165, 1.54) is 6.07 Å². The fourth-order valence-corrected chi connectivity index (χ4v) is 2.29. The molecule has 0 aliphatic heterocycles. The Hall–Kier alpha value is -2.07. The normalized spacial score (nSPS) is 12.0. The molecule has 2 aromatic rings. The summed E-state index contributed by atoms with van der Waals surface area (Å²) in [5.74, 6) is 0.541. The minimum atomic E-state index is -0.262. The number of anilines is 1. The minimum absolute atomic E-state index is 0.173. The van der Waals surface area contributed by atoms with Gasteiger partial charge in [-0.3, -0.25) is 0 Å². The molecule has 0 fully saturated rings. The van der Waals surface area contributed by atoms with Crippen LogP contribution in [0.4, 0.5) is 10.1 Å². The number of hydrogen-bond acceptors (Lipinski definition) is 3. The summed E-state index contributed by atoms with van der Waals surface area (Å²) in [4.78, 5) is 1.86. The molecular weight excluding hydrogens is 267 g/mol. The summed E-state index contributed by atoms with van der Waals surface area (Å²) in [5.41, 5.74) is 8.13. The molecule has 0 heterocycles. The van der Waals surface area contributed by atoms with Crippen molar-refractivity contribution in [2.24, 2.45) is 5.73 Å². The zero-order valence-corrected chi connectivity index (χ0v) is 12.6. The third-order valence-electron chi connectivity index (χ3n) is 3.51. The molecule has 4 heteroatoms. The molecule has 0 aliphatic carbocycles. The molecule has 2 rings (SSSR count). The van der Waals surface area contributed by atoms with Gasteiger partial charge in [0.25, 0.3) is 0 Å². The van der Waals surface area contributed by atoms with Gasteiger partial charge in [0.2, 0.25) is 0 Å². The second-order valence-electron chi connectivity index (χ2n) is 5.17. The quantitative estimate of drug-likeness (QED) is 0.915. The standard InChI is InChI=1S/C17H21FN2O/c1-12(19)13-8-9-16(15(18)10-13)20(2)11-14-6-4-5-7-17(14)21-3/h4-10,12H,11,19H2,1-3H3. The Morgan fingerprint density at radius 1 is 1.24 bits per heavy atom. The highest BCUT2D eigenvalue weighted by molar-refractivity contribution is 5.50. The van der Waals surface area contributed by atoms with E-state index >= 15 is 0 Å². The van der Waals surface area contributed by atoms with Gasteiger partial charge in [0.15, 0.2) is 0 Å². The Kier molecular flexibility index (Phi) is 4.81. The number of nitrogens with two attached hydrogens (primary N) is 1. The molecule has 0 aliphatic rings. The van der Waals surface area contributed by atoms with Crippen molar-refractivity contribution in [3.63, 3.8) is 0 Å². The molecule has 112 valence electrons. The fourth-order valence-electron chi connectivity index (χ4n) is 2.29. The number of benzene rings is 2.